The first-order valence-electron chi connectivity index (χ1n) is 9.11. The van der Waals surface area contributed by atoms with Gasteiger partial charge < -0.3 is 0 Å². The molecule has 0 amide bonds. The Morgan fingerprint density at radius 3 is 2.52 bits per heavy atom. The van der Waals surface area contributed by atoms with E-state index < -0.39 is 11.7 Å². The molecule has 144 valence electrons. The molecule has 29 heavy (non-hydrogen) atoms. The van der Waals surface area contributed by atoms with E-state index in [0.717, 1.165) is 35.5 Å². The molecule has 5 rings (SSSR count). The van der Waals surface area contributed by atoms with Crippen molar-refractivity contribution in [1.29, 1.82) is 0 Å². The average Bonchev–Trinajstić information content (AvgIpc) is 3.26. The molecule has 0 atom stereocenters. The largest absolute Gasteiger partial charge is 0.416 e. The second-order valence-corrected chi connectivity index (χ2v) is 7.88. The monoisotopic (exact) mass is 409 g/mol. The van der Waals surface area contributed by atoms with E-state index in [2.05, 4.69) is 21.9 Å². The molecule has 1 aromatic carbocycles. The quantitative estimate of drug-likeness (QED) is 0.395. The fraction of sp³-hybridized carbons (Fsp3) is 0.182. The van der Waals surface area contributed by atoms with E-state index in [9.17, 15) is 13.2 Å². The van der Waals surface area contributed by atoms with Crippen molar-refractivity contribution in [3.8, 4) is 23.1 Å². The summed E-state index contributed by atoms with van der Waals surface area (Å²) in [7, 11) is 0. The maximum atomic E-state index is 12.9. The van der Waals surface area contributed by atoms with Crippen LogP contribution in [0.3, 0.4) is 0 Å². The molecule has 3 aromatic heterocycles. The van der Waals surface area contributed by atoms with Gasteiger partial charge in [0.1, 0.15) is 0 Å². The number of benzene rings is 1. The number of halogens is 3. The Bertz CT molecular complexity index is 1240. The van der Waals surface area contributed by atoms with Gasteiger partial charge >= 0.3 is 6.18 Å². The van der Waals surface area contributed by atoms with Crippen LogP contribution in [0.4, 0.5) is 13.2 Å². The highest BCUT2D eigenvalue weighted by Crippen LogP contribution is 2.41. The highest BCUT2D eigenvalue weighted by Gasteiger charge is 2.31. The van der Waals surface area contributed by atoms with Crippen LogP contribution in [0.5, 0.6) is 0 Å². The zero-order valence-electron chi connectivity index (χ0n) is 15.1. The molecule has 3 nitrogen and oxygen atoms in total. The van der Waals surface area contributed by atoms with Crippen molar-refractivity contribution in [2.45, 2.75) is 24.9 Å². The maximum Gasteiger partial charge on any atom is 0.416 e. The van der Waals surface area contributed by atoms with Crippen LogP contribution in [0.1, 0.15) is 40.5 Å². The van der Waals surface area contributed by atoms with Gasteiger partial charge in [-0.2, -0.15) is 18.3 Å². The van der Waals surface area contributed by atoms with E-state index in [0.29, 0.717) is 28.4 Å². The molecular formula is C22H14F3N3S. The van der Waals surface area contributed by atoms with Crippen molar-refractivity contribution in [2.75, 3.05) is 0 Å². The smallest absolute Gasteiger partial charge is 0.227 e. The minimum Gasteiger partial charge on any atom is -0.227 e. The van der Waals surface area contributed by atoms with Gasteiger partial charge in [-0.25, -0.2) is 9.50 Å². The molecule has 0 spiro atoms. The van der Waals surface area contributed by atoms with Gasteiger partial charge in [0, 0.05) is 17.2 Å². The molecule has 1 aliphatic carbocycles. The summed E-state index contributed by atoms with van der Waals surface area (Å²) in [6, 6.07) is 10.9. The maximum absolute atomic E-state index is 12.9. The van der Waals surface area contributed by atoms with Gasteiger partial charge in [-0.05, 0) is 42.5 Å². The van der Waals surface area contributed by atoms with Crippen molar-refractivity contribution in [3.05, 3.63) is 75.7 Å². The van der Waals surface area contributed by atoms with Crippen molar-refractivity contribution < 1.29 is 13.2 Å². The Kier molecular flexibility index (Phi) is 4.18. The third-order valence-electron chi connectivity index (χ3n) is 4.84. The molecule has 1 saturated carbocycles. The minimum atomic E-state index is -4.36. The number of nitrogens with zero attached hydrogens (tertiary/aromatic N) is 3. The summed E-state index contributed by atoms with van der Waals surface area (Å²) in [5.41, 5.74) is 2.96. The number of alkyl halides is 3. The summed E-state index contributed by atoms with van der Waals surface area (Å²) in [6.07, 6.45) is -0.514. The molecule has 0 radical (unpaired) electrons. The molecule has 0 saturated heterocycles. The summed E-state index contributed by atoms with van der Waals surface area (Å²) in [4.78, 5) is 5.64. The SMILES string of the molecule is FC(F)(F)c1ccc(-c2cc(C3CC3)n3ncc(C#Cc4cccs4)c3n2)cc1. The first-order chi connectivity index (χ1) is 14.0. The third kappa shape index (κ3) is 3.52. The van der Waals surface area contributed by atoms with Gasteiger partial charge in [-0.15, -0.1) is 11.3 Å². The summed E-state index contributed by atoms with van der Waals surface area (Å²) in [5.74, 6) is 6.64. The van der Waals surface area contributed by atoms with Gasteiger partial charge in [0.2, 0.25) is 0 Å². The molecule has 0 bridgehead atoms. The fourth-order valence-corrected chi connectivity index (χ4v) is 3.77. The van der Waals surface area contributed by atoms with Crippen LogP contribution in [-0.2, 0) is 6.18 Å². The standard InChI is InChI=1S/C22H14F3N3S/c23-22(24,25)17-8-5-14(6-9-17)19-12-20(15-3-4-15)28-21(27-19)16(13-26-28)7-10-18-2-1-11-29-18/h1-2,5-6,8-9,11-13,15H,3-4H2. The summed E-state index contributed by atoms with van der Waals surface area (Å²) >= 11 is 1.56. The molecule has 1 aliphatic rings. The van der Waals surface area contributed by atoms with E-state index in [1.165, 1.54) is 12.1 Å². The Morgan fingerprint density at radius 2 is 1.86 bits per heavy atom. The highest BCUT2D eigenvalue weighted by molar-refractivity contribution is 7.10. The van der Waals surface area contributed by atoms with Crippen molar-refractivity contribution in [1.82, 2.24) is 14.6 Å². The van der Waals surface area contributed by atoms with Crippen LogP contribution < -0.4 is 0 Å². The molecule has 7 heteroatoms. The van der Waals surface area contributed by atoms with Gasteiger partial charge in [-0.3, -0.25) is 0 Å². The minimum absolute atomic E-state index is 0.395. The van der Waals surface area contributed by atoms with Crippen molar-refractivity contribution >= 4 is 17.0 Å². The highest BCUT2D eigenvalue weighted by atomic mass is 32.1. The summed E-state index contributed by atoms with van der Waals surface area (Å²) in [6.45, 7) is 0. The Balaban J connectivity index is 1.61. The molecule has 0 unspecified atom stereocenters. The lowest BCUT2D eigenvalue weighted by Crippen LogP contribution is -2.04. The van der Waals surface area contributed by atoms with E-state index >= 15 is 0 Å². The number of hydrogen-bond acceptors (Lipinski definition) is 3. The number of fused-ring (bicyclic) bond motifs is 1. The first-order valence-corrected chi connectivity index (χ1v) is 9.99. The van der Waals surface area contributed by atoms with Gasteiger partial charge in [0.25, 0.3) is 0 Å². The van der Waals surface area contributed by atoms with Gasteiger partial charge in [-0.1, -0.05) is 30.0 Å². The third-order valence-corrected chi connectivity index (χ3v) is 5.63. The number of rotatable bonds is 2. The predicted octanol–water partition coefficient (Wildman–Crippen LogP) is 5.75. The molecule has 0 N–H and O–H groups in total. The summed E-state index contributed by atoms with van der Waals surface area (Å²) < 4.78 is 40.4. The predicted molar refractivity (Wildman–Crippen MR) is 106 cm³/mol. The Morgan fingerprint density at radius 1 is 1.07 bits per heavy atom. The van der Waals surface area contributed by atoms with Crippen LogP contribution in [-0.4, -0.2) is 14.6 Å². The first kappa shape index (κ1) is 18.0. The van der Waals surface area contributed by atoms with Crippen LogP contribution in [0.25, 0.3) is 16.9 Å². The number of thiophene rings is 1. The number of aromatic nitrogens is 3. The number of hydrogen-bond donors (Lipinski definition) is 0. The lowest BCUT2D eigenvalue weighted by Gasteiger charge is -2.10. The molecular weight excluding hydrogens is 395 g/mol. The molecule has 1 fully saturated rings. The Hall–Kier alpha value is -3.11. The van der Waals surface area contributed by atoms with Gasteiger partial charge in [0.05, 0.1) is 27.9 Å². The lowest BCUT2D eigenvalue weighted by molar-refractivity contribution is -0.137. The fourth-order valence-electron chi connectivity index (χ4n) is 3.20. The average molecular weight is 409 g/mol. The topological polar surface area (TPSA) is 30.2 Å². The zero-order valence-corrected chi connectivity index (χ0v) is 15.9. The molecule has 4 aromatic rings. The van der Waals surface area contributed by atoms with Crippen molar-refractivity contribution in [2.24, 2.45) is 0 Å². The van der Waals surface area contributed by atoms with E-state index in [1.807, 2.05) is 28.1 Å². The van der Waals surface area contributed by atoms with E-state index in [4.69, 9.17) is 0 Å². The van der Waals surface area contributed by atoms with Crippen LogP contribution in [0, 0.1) is 11.8 Å². The van der Waals surface area contributed by atoms with E-state index in [-0.39, 0.29) is 0 Å². The normalized spacial score (nSPS) is 14.0. The van der Waals surface area contributed by atoms with Gasteiger partial charge in [0.15, 0.2) is 5.65 Å². The summed E-state index contributed by atoms with van der Waals surface area (Å²) in [5, 5.41) is 6.43. The zero-order chi connectivity index (χ0) is 20.0. The second kappa shape index (κ2) is 6.75. The second-order valence-electron chi connectivity index (χ2n) is 6.94. The van der Waals surface area contributed by atoms with Crippen LogP contribution >= 0.6 is 11.3 Å². The van der Waals surface area contributed by atoms with Crippen LogP contribution in [0.2, 0.25) is 0 Å². The van der Waals surface area contributed by atoms with Crippen LogP contribution in [0.15, 0.2) is 54.0 Å². The molecule has 0 aliphatic heterocycles. The lowest BCUT2D eigenvalue weighted by atomic mass is 10.1. The molecule has 3 heterocycles. The Labute approximate surface area is 168 Å². The van der Waals surface area contributed by atoms with E-state index in [1.54, 1.807) is 17.5 Å². The van der Waals surface area contributed by atoms with Crippen molar-refractivity contribution in [3.63, 3.8) is 0 Å².